The highest BCUT2D eigenvalue weighted by atomic mass is 16.3. The van der Waals surface area contributed by atoms with Crippen LogP contribution in [0.5, 0.6) is 0 Å². The average Bonchev–Trinajstić information content (AvgIpc) is 2.43. The third-order valence-electron chi connectivity index (χ3n) is 4.11. The molecule has 2 heteroatoms. The predicted molar refractivity (Wildman–Crippen MR) is 88.0 cm³/mol. The second kappa shape index (κ2) is 15.3. The lowest BCUT2D eigenvalue weighted by molar-refractivity contribution is 0.139. The fourth-order valence-electron chi connectivity index (χ4n) is 2.66. The molecule has 0 amide bonds. The second-order valence-electron chi connectivity index (χ2n) is 6.29. The van der Waals surface area contributed by atoms with Gasteiger partial charge in [-0.3, -0.25) is 0 Å². The Balaban J connectivity index is 3.25. The molecule has 0 aliphatic rings. The monoisotopic (exact) mass is 286 g/mol. The van der Waals surface area contributed by atoms with Crippen LogP contribution in [-0.2, 0) is 0 Å². The number of hydrogen-bond acceptors (Lipinski definition) is 2. The standard InChI is InChI=1S/C18H38O2/c1-3-5-7-10-14-18(20)16-12-8-11-15-17(19)13-9-6-4-2/h17-20H,3-16H2,1-2H3. The van der Waals surface area contributed by atoms with Gasteiger partial charge in [-0.1, -0.05) is 78.1 Å². The fraction of sp³-hybridized carbons (Fsp3) is 1.00. The van der Waals surface area contributed by atoms with Gasteiger partial charge in [0.15, 0.2) is 0 Å². The molecule has 2 N–H and O–H groups in total. The van der Waals surface area contributed by atoms with E-state index in [9.17, 15) is 10.2 Å². The molecule has 0 spiro atoms. The zero-order valence-electron chi connectivity index (χ0n) is 13.9. The molecular formula is C18H38O2. The van der Waals surface area contributed by atoms with Gasteiger partial charge in [0, 0.05) is 0 Å². The minimum absolute atomic E-state index is 0.0960. The van der Waals surface area contributed by atoms with Gasteiger partial charge in [0.25, 0.3) is 0 Å². The molecule has 0 aromatic rings. The van der Waals surface area contributed by atoms with Crippen molar-refractivity contribution in [2.75, 3.05) is 0 Å². The number of aliphatic hydroxyl groups excluding tert-OH is 2. The molecule has 0 aromatic carbocycles. The summed E-state index contributed by atoms with van der Waals surface area (Å²) in [6.07, 6.45) is 15.6. The lowest BCUT2D eigenvalue weighted by atomic mass is 10.0. The van der Waals surface area contributed by atoms with Crippen LogP contribution < -0.4 is 0 Å². The van der Waals surface area contributed by atoms with Crippen molar-refractivity contribution in [3.8, 4) is 0 Å². The van der Waals surface area contributed by atoms with E-state index < -0.39 is 0 Å². The summed E-state index contributed by atoms with van der Waals surface area (Å²) in [6, 6.07) is 0. The van der Waals surface area contributed by atoms with E-state index in [1.165, 1.54) is 38.5 Å². The fourth-order valence-corrected chi connectivity index (χ4v) is 2.66. The molecule has 2 atom stereocenters. The summed E-state index contributed by atoms with van der Waals surface area (Å²) >= 11 is 0. The second-order valence-corrected chi connectivity index (χ2v) is 6.29. The molecule has 2 unspecified atom stereocenters. The van der Waals surface area contributed by atoms with Crippen molar-refractivity contribution in [3.63, 3.8) is 0 Å². The highest BCUT2D eigenvalue weighted by Gasteiger charge is 2.05. The summed E-state index contributed by atoms with van der Waals surface area (Å²) in [5, 5.41) is 19.7. The van der Waals surface area contributed by atoms with Crippen molar-refractivity contribution < 1.29 is 10.2 Å². The first-order valence-corrected chi connectivity index (χ1v) is 9.06. The zero-order valence-corrected chi connectivity index (χ0v) is 13.9. The molecule has 0 radical (unpaired) electrons. The molecule has 0 heterocycles. The molecule has 2 nitrogen and oxygen atoms in total. The third-order valence-corrected chi connectivity index (χ3v) is 4.11. The van der Waals surface area contributed by atoms with Crippen molar-refractivity contribution >= 4 is 0 Å². The van der Waals surface area contributed by atoms with E-state index in [2.05, 4.69) is 13.8 Å². The van der Waals surface area contributed by atoms with Gasteiger partial charge in [0.2, 0.25) is 0 Å². The van der Waals surface area contributed by atoms with E-state index in [1.807, 2.05) is 0 Å². The quantitative estimate of drug-likeness (QED) is 0.406. The first-order valence-electron chi connectivity index (χ1n) is 9.06. The summed E-state index contributed by atoms with van der Waals surface area (Å²) < 4.78 is 0. The molecular weight excluding hydrogens is 248 g/mol. The minimum Gasteiger partial charge on any atom is -0.393 e. The molecule has 0 aliphatic carbocycles. The number of rotatable bonds is 15. The molecule has 0 aromatic heterocycles. The molecule has 0 saturated carbocycles. The van der Waals surface area contributed by atoms with E-state index in [-0.39, 0.29) is 12.2 Å². The summed E-state index contributed by atoms with van der Waals surface area (Å²) in [6.45, 7) is 4.41. The Kier molecular flexibility index (Phi) is 15.3. The van der Waals surface area contributed by atoms with Gasteiger partial charge in [0.1, 0.15) is 0 Å². The normalized spacial score (nSPS) is 14.4. The van der Waals surface area contributed by atoms with Gasteiger partial charge >= 0.3 is 0 Å². The summed E-state index contributed by atoms with van der Waals surface area (Å²) in [5.41, 5.74) is 0. The molecule has 0 saturated heterocycles. The molecule has 0 bridgehead atoms. The topological polar surface area (TPSA) is 40.5 Å². The van der Waals surface area contributed by atoms with E-state index in [0.29, 0.717) is 0 Å². The summed E-state index contributed by atoms with van der Waals surface area (Å²) in [5.74, 6) is 0. The van der Waals surface area contributed by atoms with Gasteiger partial charge in [-0.25, -0.2) is 0 Å². The first-order chi connectivity index (χ1) is 9.70. The van der Waals surface area contributed by atoms with Gasteiger partial charge < -0.3 is 10.2 Å². The molecule has 0 aliphatic heterocycles. The van der Waals surface area contributed by atoms with Gasteiger partial charge in [-0.15, -0.1) is 0 Å². The van der Waals surface area contributed by atoms with Crippen LogP contribution in [0.2, 0.25) is 0 Å². The van der Waals surface area contributed by atoms with Gasteiger partial charge in [-0.05, 0) is 25.7 Å². The van der Waals surface area contributed by atoms with Crippen molar-refractivity contribution in [1.29, 1.82) is 0 Å². The van der Waals surface area contributed by atoms with Gasteiger partial charge in [0.05, 0.1) is 12.2 Å². The molecule has 122 valence electrons. The number of unbranched alkanes of at least 4 members (excludes halogenated alkanes) is 7. The van der Waals surface area contributed by atoms with Crippen LogP contribution in [0.1, 0.15) is 104 Å². The van der Waals surface area contributed by atoms with Crippen LogP contribution in [0.4, 0.5) is 0 Å². The summed E-state index contributed by atoms with van der Waals surface area (Å²) in [7, 11) is 0. The van der Waals surface area contributed by atoms with Gasteiger partial charge in [-0.2, -0.15) is 0 Å². The van der Waals surface area contributed by atoms with E-state index in [0.717, 1.165) is 51.4 Å². The smallest absolute Gasteiger partial charge is 0.0540 e. The lowest BCUT2D eigenvalue weighted by Gasteiger charge is -2.12. The Bertz CT molecular complexity index is 182. The number of aliphatic hydroxyl groups is 2. The van der Waals surface area contributed by atoms with Crippen molar-refractivity contribution in [1.82, 2.24) is 0 Å². The lowest BCUT2D eigenvalue weighted by Crippen LogP contribution is -2.07. The highest BCUT2D eigenvalue weighted by molar-refractivity contribution is 4.59. The Morgan fingerprint density at radius 3 is 1.20 bits per heavy atom. The Morgan fingerprint density at radius 1 is 0.500 bits per heavy atom. The van der Waals surface area contributed by atoms with Crippen LogP contribution in [-0.4, -0.2) is 22.4 Å². The number of hydrogen-bond donors (Lipinski definition) is 2. The predicted octanol–water partition coefficient (Wildman–Crippen LogP) is 5.21. The van der Waals surface area contributed by atoms with Crippen molar-refractivity contribution in [2.45, 2.75) is 116 Å². The van der Waals surface area contributed by atoms with Crippen LogP contribution >= 0.6 is 0 Å². The first kappa shape index (κ1) is 19.9. The van der Waals surface area contributed by atoms with Crippen LogP contribution in [0.3, 0.4) is 0 Å². The maximum atomic E-state index is 9.85. The SMILES string of the molecule is CCCCCCC(O)CCCCCC(O)CCCCC. The molecule has 0 rings (SSSR count). The largest absolute Gasteiger partial charge is 0.393 e. The maximum absolute atomic E-state index is 9.85. The van der Waals surface area contributed by atoms with E-state index in [4.69, 9.17) is 0 Å². The van der Waals surface area contributed by atoms with E-state index >= 15 is 0 Å². The molecule has 20 heavy (non-hydrogen) atoms. The van der Waals surface area contributed by atoms with Crippen LogP contribution in [0.15, 0.2) is 0 Å². The van der Waals surface area contributed by atoms with Crippen molar-refractivity contribution in [3.05, 3.63) is 0 Å². The minimum atomic E-state index is -0.0967. The van der Waals surface area contributed by atoms with E-state index in [1.54, 1.807) is 0 Å². The summed E-state index contributed by atoms with van der Waals surface area (Å²) in [4.78, 5) is 0. The zero-order chi connectivity index (χ0) is 15.1. The molecule has 0 fully saturated rings. The highest BCUT2D eigenvalue weighted by Crippen LogP contribution is 2.14. The average molecular weight is 286 g/mol. The van der Waals surface area contributed by atoms with Crippen molar-refractivity contribution in [2.24, 2.45) is 0 Å². The Hall–Kier alpha value is -0.0800. The van der Waals surface area contributed by atoms with Crippen LogP contribution in [0, 0.1) is 0 Å². The van der Waals surface area contributed by atoms with Crippen LogP contribution in [0.25, 0.3) is 0 Å². The third kappa shape index (κ3) is 14.3. The maximum Gasteiger partial charge on any atom is 0.0540 e. The Labute approximate surface area is 127 Å². The Morgan fingerprint density at radius 2 is 0.800 bits per heavy atom.